The third kappa shape index (κ3) is 2.77. The van der Waals surface area contributed by atoms with Crippen LogP contribution in [0.2, 0.25) is 0 Å². The van der Waals surface area contributed by atoms with Crippen molar-refractivity contribution in [1.29, 1.82) is 0 Å². The molecule has 2 rings (SSSR count). The minimum atomic E-state index is -0.848. The number of carbonyl (C=O) groups excluding carboxylic acids is 1. The Morgan fingerprint density at radius 1 is 1.35 bits per heavy atom. The van der Waals surface area contributed by atoms with Crippen molar-refractivity contribution in [1.82, 2.24) is 4.57 Å². The molecule has 1 N–H and O–H groups in total. The highest BCUT2D eigenvalue weighted by molar-refractivity contribution is 8.00. The van der Waals surface area contributed by atoms with Crippen molar-refractivity contribution in [2.24, 2.45) is 0 Å². The van der Waals surface area contributed by atoms with E-state index in [1.165, 1.54) is 11.8 Å². The number of hydrogen-bond donors (Lipinski definition) is 1. The highest BCUT2D eigenvalue weighted by Crippen LogP contribution is 2.29. The number of carbonyl (C=O) groups is 2. The molecule has 2 aromatic rings. The molecule has 4 nitrogen and oxygen atoms in total. The minimum absolute atomic E-state index is 0.0108. The number of nitrogens with zero attached hydrogens (tertiary/aromatic N) is 1. The Balaban J connectivity index is 2.50. The first-order valence-electron chi connectivity index (χ1n) is 6.12. The summed E-state index contributed by atoms with van der Waals surface area (Å²) in [6.07, 6.45) is 0.839. The van der Waals surface area contributed by atoms with E-state index in [1.54, 1.807) is 0 Å². The zero-order valence-corrected chi connectivity index (χ0v) is 12.1. The third-order valence-electron chi connectivity index (χ3n) is 3.05. The van der Waals surface area contributed by atoms with E-state index >= 15 is 0 Å². The molecule has 1 aromatic carbocycles. The molecule has 0 unspecified atom stereocenters. The van der Waals surface area contributed by atoms with Gasteiger partial charge in [0.05, 0.1) is 11.4 Å². The summed E-state index contributed by atoms with van der Waals surface area (Å²) in [6, 6.07) is 9.43. The van der Waals surface area contributed by atoms with Crippen LogP contribution in [0.4, 0.5) is 0 Å². The maximum absolute atomic E-state index is 11.0. The van der Waals surface area contributed by atoms with Gasteiger partial charge < -0.3 is 9.67 Å². The molecule has 0 aliphatic heterocycles. The van der Waals surface area contributed by atoms with Crippen molar-refractivity contribution in [2.45, 2.75) is 18.7 Å². The second-order valence-electron chi connectivity index (χ2n) is 4.43. The summed E-state index contributed by atoms with van der Waals surface area (Å²) >= 11 is 1.28. The number of aromatic nitrogens is 1. The lowest BCUT2D eigenvalue weighted by molar-refractivity contribution is -0.133. The Kier molecular flexibility index (Phi) is 4.29. The van der Waals surface area contributed by atoms with Crippen molar-refractivity contribution >= 4 is 24.0 Å². The number of carboxylic acids is 1. The van der Waals surface area contributed by atoms with Gasteiger partial charge in [0, 0.05) is 21.8 Å². The fraction of sp³-hybridized carbons (Fsp3) is 0.200. The summed E-state index contributed by atoms with van der Waals surface area (Å²) in [5.74, 6) is -0.837. The van der Waals surface area contributed by atoms with Gasteiger partial charge in [-0.1, -0.05) is 12.1 Å². The fourth-order valence-electron chi connectivity index (χ4n) is 2.18. The van der Waals surface area contributed by atoms with Crippen molar-refractivity contribution in [3.63, 3.8) is 0 Å². The lowest BCUT2D eigenvalue weighted by Crippen LogP contribution is -2.03. The summed E-state index contributed by atoms with van der Waals surface area (Å²) in [4.78, 5) is 22.6. The smallest absolute Gasteiger partial charge is 0.313 e. The number of aldehydes is 1. The Hall–Kier alpha value is -2.01. The highest BCUT2D eigenvalue weighted by Gasteiger charge is 2.13. The molecule has 0 aliphatic rings. The van der Waals surface area contributed by atoms with Crippen LogP contribution in [0, 0.1) is 13.8 Å². The molecule has 0 atom stereocenters. The van der Waals surface area contributed by atoms with Crippen LogP contribution in [-0.4, -0.2) is 27.7 Å². The lowest BCUT2D eigenvalue weighted by Gasteiger charge is -2.13. The zero-order chi connectivity index (χ0) is 14.7. The highest BCUT2D eigenvalue weighted by atomic mass is 32.2. The van der Waals surface area contributed by atoms with Crippen molar-refractivity contribution in [3.8, 4) is 5.69 Å². The number of aryl methyl sites for hydroxylation is 1. The Bertz CT molecular complexity index is 661. The van der Waals surface area contributed by atoms with E-state index in [4.69, 9.17) is 5.11 Å². The molecule has 0 bridgehead atoms. The number of benzene rings is 1. The van der Waals surface area contributed by atoms with E-state index in [2.05, 4.69) is 0 Å². The summed E-state index contributed by atoms with van der Waals surface area (Å²) in [5.41, 5.74) is 3.37. The number of hydrogen-bond acceptors (Lipinski definition) is 3. The number of rotatable bonds is 5. The van der Waals surface area contributed by atoms with Crippen LogP contribution in [0.15, 0.2) is 35.2 Å². The molecule has 0 radical (unpaired) electrons. The maximum atomic E-state index is 11.0. The molecule has 1 heterocycles. The van der Waals surface area contributed by atoms with Crippen molar-refractivity contribution in [2.75, 3.05) is 5.75 Å². The van der Waals surface area contributed by atoms with Crippen LogP contribution in [0.25, 0.3) is 5.69 Å². The van der Waals surface area contributed by atoms with Crippen LogP contribution in [0.1, 0.15) is 21.7 Å². The molecule has 0 saturated carbocycles. The average Bonchev–Trinajstić information content (AvgIpc) is 2.71. The van der Waals surface area contributed by atoms with Gasteiger partial charge in [-0.05, 0) is 32.0 Å². The van der Waals surface area contributed by atoms with E-state index < -0.39 is 5.97 Å². The second kappa shape index (κ2) is 5.96. The number of carboxylic acid groups (broad SMARTS) is 1. The number of aliphatic carboxylic acids is 1. The Morgan fingerprint density at radius 2 is 2.05 bits per heavy atom. The summed E-state index contributed by atoms with van der Waals surface area (Å²) in [7, 11) is 0. The van der Waals surface area contributed by atoms with E-state index in [-0.39, 0.29) is 5.75 Å². The molecule has 20 heavy (non-hydrogen) atoms. The first kappa shape index (κ1) is 14.4. The monoisotopic (exact) mass is 289 g/mol. The van der Waals surface area contributed by atoms with Crippen LogP contribution >= 0.6 is 11.8 Å². The molecular weight excluding hydrogens is 274 g/mol. The normalized spacial score (nSPS) is 10.5. The predicted octanol–water partition coefficient (Wildman–Crippen LogP) is 3.08. The SMILES string of the molecule is Cc1cc(C=O)c(C)n1-c1ccccc1SCC(=O)O. The first-order valence-corrected chi connectivity index (χ1v) is 7.11. The quantitative estimate of drug-likeness (QED) is 0.679. The number of para-hydroxylation sites is 1. The Morgan fingerprint density at radius 3 is 2.65 bits per heavy atom. The minimum Gasteiger partial charge on any atom is -0.481 e. The molecule has 0 spiro atoms. The summed E-state index contributed by atoms with van der Waals surface area (Å²) in [6.45, 7) is 3.81. The van der Waals surface area contributed by atoms with Gasteiger partial charge in [0.25, 0.3) is 0 Å². The van der Waals surface area contributed by atoms with Crippen molar-refractivity contribution in [3.05, 3.63) is 47.3 Å². The maximum Gasteiger partial charge on any atom is 0.313 e. The summed E-state index contributed by atoms with van der Waals surface area (Å²) in [5, 5.41) is 8.81. The largest absolute Gasteiger partial charge is 0.481 e. The van der Waals surface area contributed by atoms with E-state index in [9.17, 15) is 9.59 Å². The average molecular weight is 289 g/mol. The summed E-state index contributed by atoms with van der Waals surface area (Å²) < 4.78 is 1.98. The van der Waals surface area contributed by atoms with Crippen LogP contribution in [0.5, 0.6) is 0 Å². The van der Waals surface area contributed by atoms with Crippen LogP contribution in [0.3, 0.4) is 0 Å². The zero-order valence-electron chi connectivity index (χ0n) is 11.3. The molecule has 5 heteroatoms. The van der Waals surface area contributed by atoms with E-state index in [1.807, 2.05) is 48.7 Å². The van der Waals surface area contributed by atoms with Gasteiger partial charge in [0.1, 0.15) is 0 Å². The predicted molar refractivity (Wildman–Crippen MR) is 79.0 cm³/mol. The van der Waals surface area contributed by atoms with E-state index in [0.717, 1.165) is 28.3 Å². The lowest BCUT2D eigenvalue weighted by atomic mass is 10.2. The fourth-order valence-corrected chi connectivity index (χ4v) is 2.94. The first-order chi connectivity index (χ1) is 9.54. The van der Waals surface area contributed by atoms with E-state index in [0.29, 0.717) is 5.56 Å². The van der Waals surface area contributed by atoms with Crippen molar-refractivity contribution < 1.29 is 14.7 Å². The third-order valence-corrected chi connectivity index (χ3v) is 4.10. The number of thioether (sulfide) groups is 1. The molecule has 0 aliphatic carbocycles. The van der Waals surface area contributed by atoms with Gasteiger partial charge in [0.2, 0.25) is 0 Å². The molecule has 1 aromatic heterocycles. The van der Waals surface area contributed by atoms with Gasteiger partial charge in [-0.15, -0.1) is 11.8 Å². The topological polar surface area (TPSA) is 59.3 Å². The van der Waals surface area contributed by atoms with Gasteiger partial charge in [0.15, 0.2) is 6.29 Å². The van der Waals surface area contributed by atoms with Gasteiger partial charge >= 0.3 is 5.97 Å². The van der Waals surface area contributed by atoms with Gasteiger partial charge in [-0.3, -0.25) is 9.59 Å². The van der Waals surface area contributed by atoms with Crippen LogP contribution < -0.4 is 0 Å². The molecule has 0 fully saturated rings. The van der Waals surface area contributed by atoms with Gasteiger partial charge in [-0.25, -0.2) is 0 Å². The standard InChI is InChI=1S/C15H15NO3S/c1-10-7-12(8-17)11(2)16(10)13-5-3-4-6-14(13)20-9-15(18)19/h3-8H,9H2,1-2H3,(H,18,19). The molecular formula is C15H15NO3S. The second-order valence-corrected chi connectivity index (χ2v) is 5.45. The van der Waals surface area contributed by atoms with Crippen LogP contribution in [-0.2, 0) is 4.79 Å². The molecule has 0 saturated heterocycles. The molecule has 0 amide bonds. The molecule has 104 valence electrons. The van der Waals surface area contributed by atoms with Gasteiger partial charge in [-0.2, -0.15) is 0 Å². The Labute approximate surface area is 121 Å².